The Balaban J connectivity index is 2.04. The van der Waals surface area contributed by atoms with Crippen molar-refractivity contribution in [1.82, 2.24) is 4.98 Å². The number of thiazole rings is 1. The first-order chi connectivity index (χ1) is 9.11. The number of carbonyl (C=O) groups is 1. The molecule has 1 aliphatic heterocycles. The molecular weight excluding hydrogens is 264 g/mol. The molecule has 0 aromatic carbocycles. The van der Waals surface area contributed by atoms with Crippen LogP contribution in [0.15, 0.2) is 0 Å². The van der Waals surface area contributed by atoms with Crippen LogP contribution in [0.1, 0.15) is 41.6 Å². The molecule has 106 valence electrons. The Morgan fingerprint density at radius 1 is 1.63 bits per heavy atom. The zero-order valence-electron chi connectivity index (χ0n) is 11.4. The predicted molar refractivity (Wildman–Crippen MR) is 75.3 cm³/mol. The van der Waals surface area contributed by atoms with Crippen molar-refractivity contribution in [3.63, 3.8) is 0 Å². The number of carboxylic acids is 1. The van der Waals surface area contributed by atoms with Gasteiger partial charge in [-0.05, 0) is 26.2 Å². The van der Waals surface area contributed by atoms with Gasteiger partial charge in [-0.15, -0.1) is 11.3 Å². The van der Waals surface area contributed by atoms with E-state index >= 15 is 0 Å². The van der Waals surface area contributed by atoms with Crippen LogP contribution in [0.3, 0.4) is 0 Å². The molecule has 1 aliphatic rings. The maximum atomic E-state index is 11.0. The molecule has 6 heteroatoms. The minimum atomic E-state index is -0.948. The maximum absolute atomic E-state index is 11.0. The van der Waals surface area contributed by atoms with Crippen LogP contribution in [0.4, 0.5) is 5.13 Å². The molecule has 1 saturated heterocycles. The highest BCUT2D eigenvalue weighted by atomic mass is 32.1. The van der Waals surface area contributed by atoms with Crippen LogP contribution in [-0.4, -0.2) is 41.9 Å². The topological polar surface area (TPSA) is 62.7 Å². The summed E-state index contributed by atoms with van der Waals surface area (Å²) in [5, 5.41) is 9.85. The van der Waals surface area contributed by atoms with Crippen LogP contribution in [0.2, 0.25) is 0 Å². The van der Waals surface area contributed by atoms with E-state index in [0.717, 1.165) is 49.0 Å². The third-order valence-electron chi connectivity index (χ3n) is 3.19. The summed E-state index contributed by atoms with van der Waals surface area (Å²) in [5.74, 6) is -0.948. The number of nitrogens with zero attached hydrogens (tertiary/aromatic N) is 2. The van der Waals surface area contributed by atoms with Gasteiger partial charge in [-0.1, -0.05) is 6.92 Å². The van der Waals surface area contributed by atoms with E-state index in [2.05, 4.69) is 16.8 Å². The van der Waals surface area contributed by atoms with E-state index in [1.807, 2.05) is 0 Å². The van der Waals surface area contributed by atoms with Crippen LogP contribution in [-0.2, 0) is 4.74 Å². The Kier molecular flexibility index (Phi) is 4.76. The lowest BCUT2D eigenvalue weighted by Crippen LogP contribution is -2.39. The highest BCUT2D eigenvalue weighted by molar-refractivity contribution is 7.15. The molecule has 1 N–H and O–H groups in total. The van der Waals surface area contributed by atoms with Gasteiger partial charge >= 0.3 is 5.97 Å². The van der Waals surface area contributed by atoms with Crippen molar-refractivity contribution in [3.05, 3.63) is 10.6 Å². The summed E-state index contributed by atoms with van der Waals surface area (Å²) in [5.41, 5.74) is 0.177. The second-order valence-electron chi connectivity index (χ2n) is 4.79. The maximum Gasteiger partial charge on any atom is 0.355 e. The van der Waals surface area contributed by atoms with Gasteiger partial charge in [0.25, 0.3) is 0 Å². The molecule has 0 spiro atoms. The van der Waals surface area contributed by atoms with E-state index in [4.69, 9.17) is 9.84 Å². The summed E-state index contributed by atoms with van der Waals surface area (Å²) in [6.45, 7) is 6.43. The van der Waals surface area contributed by atoms with Crippen molar-refractivity contribution in [2.24, 2.45) is 0 Å². The standard InChI is InChI=1S/C13H20N2O3S/c1-3-7-18-10-5-4-6-15(8-10)13-14-11(12(16)17)9(2)19-13/h10H,3-8H2,1-2H3,(H,16,17). The fourth-order valence-corrected chi connectivity index (χ4v) is 3.18. The van der Waals surface area contributed by atoms with E-state index in [1.165, 1.54) is 11.3 Å². The monoisotopic (exact) mass is 284 g/mol. The Morgan fingerprint density at radius 3 is 3.05 bits per heavy atom. The largest absolute Gasteiger partial charge is 0.476 e. The molecule has 0 saturated carbocycles. The minimum absolute atomic E-state index is 0.177. The molecule has 1 fully saturated rings. The van der Waals surface area contributed by atoms with Crippen LogP contribution in [0, 0.1) is 6.92 Å². The average molecular weight is 284 g/mol. The van der Waals surface area contributed by atoms with Crippen molar-refractivity contribution in [2.75, 3.05) is 24.6 Å². The Labute approximate surface area is 117 Å². The lowest BCUT2D eigenvalue weighted by Gasteiger charge is -2.32. The molecule has 1 aromatic heterocycles. The number of piperidine rings is 1. The number of anilines is 1. The van der Waals surface area contributed by atoms with E-state index in [-0.39, 0.29) is 11.8 Å². The summed E-state index contributed by atoms with van der Waals surface area (Å²) < 4.78 is 5.79. The normalized spacial score (nSPS) is 19.7. The third-order valence-corrected chi connectivity index (χ3v) is 4.23. The third kappa shape index (κ3) is 3.45. The molecule has 2 rings (SSSR count). The summed E-state index contributed by atoms with van der Waals surface area (Å²) in [6, 6.07) is 0. The van der Waals surface area contributed by atoms with E-state index < -0.39 is 5.97 Å². The molecule has 1 unspecified atom stereocenters. The molecule has 0 radical (unpaired) electrons. The zero-order chi connectivity index (χ0) is 13.8. The molecule has 0 bridgehead atoms. The molecule has 5 nitrogen and oxygen atoms in total. The quantitative estimate of drug-likeness (QED) is 0.900. The number of aryl methyl sites for hydroxylation is 1. The van der Waals surface area contributed by atoms with Gasteiger partial charge in [-0.3, -0.25) is 0 Å². The van der Waals surface area contributed by atoms with Gasteiger partial charge in [0, 0.05) is 24.6 Å². The fourth-order valence-electron chi connectivity index (χ4n) is 2.25. The number of rotatable bonds is 5. The molecule has 0 amide bonds. The molecule has 1 atom stereocenters. The van der Waals surface area contributed by atoms with Gasteiger partial charge in [0.05, 0.1) is 6.10 Å². The number of ether oxygens (including phenoxy) is 1. The van der Waals surface area contributed by atoms with Crippen LogP contribution < -0.4 is 4.90 Å². The molecular formula is C13H20N2O3S. The second kappa shape index (κ2) is 6.34. The summed E-state index contributed by atoms with van der Waals surface area (Å²) >= 11 is 1.45. The van der Waals surface area contributed by atoms with Gasteiger partial charge < -0.3 is 14.7 Å². The van der Waals surface area contributed by atoms with Gasteiger partial charge in [0.1, 0.15) is 0 Å². The second-order valence-corrected chi connectivity index (χ2v) is 5.97. The van der Waals surface area contributed by atoms with Crippen LogP contribution >= 0.6 is 11.3 Å². The summed E-state index contributed by atoms with van der Waals surface area (Å²) in [6.07, 6.45) is 3.41. The lowest BCUT2D eigenvalue weighted by molar-refractivity contribution is 0.0440. The number of hydrogen-bond donors (Lipinski definition) is 1. The van der Waals surface area contributed by atoms with Crippen molar-refractivity contribution in [3.8, 4) is 0 Å². The zero-order valence-corrected chi connectivity index (χ0v) is 12.2. The molecule has 1 aromatic rings. The van der Waals surface area contributed by atoms with Gasteiger partial charge in [0.15, 0.2) is 10.8 Å². The molecule has 19 heavy (non-hydrogen) atoms. The van der Waals surface area contributed by atoms with Gasteiger partial charge in [0.2, 0.25) is 0 Å². The van der Waals surface area contributed by atoms with E-state index in [0.29, 0.717) is 0 Å². The fraction of sp³-hybridized carbons (Fsp3) is 0.692. The Hall–Kier alpha value is -1.14. The average Bonchev–Trinajstić information content (AvgIpc) is 2.79. The van der Waals surface area contributed by atoms with Crippen molar-refractivity contribution in [1.29, 1.82) is 0 Å². The van der Waals surface area contributed by atoms with Crippen molar-refractivity contribution >= 4 is 22.4 Å². The van der Waals surface area contributed by atoms with Crippen LogP contribution in [0.5, 0.6) is 0 Å². The number of carboxylic acid groups (broad SMARTS) is 1. The van der Waals surface area contributed by atoms with Gasteiger partial charge in [-0.25, -0.2) is 9.78 Å². The number of hydrogen-bond acceptors (Lipinski definition) is 5. The first kappa shape index (κ1) is 14.3. The van der Waals surface area contributed by atoms with Crippen molar-refractivity contribution in [2.45, 2.75) is 39.2 Å². The SMILES string of the molecule is CCCOC1CCCN(c2nc(C(=O)O)c(C)s2)C1. The number of aromatic nitrogens is 1. The Bertz CT molecular complexity index is 447. The minimum Gasteiger partial charge on any atom is -0.476 e. The summed E-state index contributed by atoms with van der Waals surface area (Å²) in [7, 11) is 0. The summed E-state index contributed by atoms with van der Waals surface area (Å²) in [4.78, 5) is 18.2. The highest BCUT2D eigenvalue weighted by Gasteiger charge is 2.24. The van der Waals surface area contributed by atoms with Crippen molar-refractivity contribution < 1.29 is 14.6 Å². The predicted octanol–water partition coefficient (Wildman–Crippen LogP) is 2.55. The number of aromatic carboxylic acids is 1. The van der Waals surface area contributed by atoms with Crippen LogP contribution in [0.25, 0.3) is 0 Å². The van der Waals surface area contributed by atoms with E-state index in [9.17, 15) is 4.79 Å². The highest BCUT2D eigenvalue weighted by Crippen LogP contribution is 2.28. The molecule has 0 aliphatic carbocycles. The first-order valence-corrected chi connectivity index (χ1v) is 7.50. The molecule has 2 heterocycles. The lowest BCUT2D eigenvalue weighted by atomic mass is 10.1. The first-order valence-electron chi connectivity index (χ1n) is 6.69. The van der Waals surface area contributed by atoms with Gasteiger partial charge in [-0.2, -0.15) is 0 Å². The smallest absolute Gasteiger partial charge is 0.355 e. The Morgan fingerprint density at radius 2 is 2.42 bits per heavy atom. The van der Waals surface area contributed by atoms with E-state index in [1.54, 1.807) is 6.92 Å².